The Labute approximate surface area is 117 Å². The van der Waals surface area contributed by atoms with Crippen LogP contribution in [0.3, 0.4) is 0 Å². The first kappa shape index (κ1) is 11.6. The van der Waals surface area contributed by atoms with E-state index >= 15 is 0 Å². The van der Waals surface area contributed by atoms with Gasteiger partial charge in [0.05, 0.1) is 6.04 Å². The largest absolute Gasteiger partial charge is 0.486 e. The molecule has 1 atom stereocenters. The molecule has 1 aromatic carbocycles. The van der Waals surface area contributed by atoms with Crippen LogP contribution in [0.4, 0.5) is 5.82 Å². The minimum atomic E-state index is 0.302. The van der Waals surface area contributed by atoms with Gasteiger partial charge in [0.1, 0.15) is 19.0 Å². The molecular formula is C16H16N2O2. The van der Waals surface area contributed by atoms with Crippen LogP contribution in [-0.2, 0) is 6.42 Å². The maximum atomic E-state index is 5.68. The zero-order chi connectivity index (χ0) is 13.4. The number of nitrogens with one attached hydrogen (secondary N) is 1. The van der Waals surface area contributed by atoms with Gasteiger partial charge in [-0.15, -0.1) is 0 Å². The first-order chi connectivity index (χ1) is 9.90. The Hall–Kier alpha value is -2.23. The Balaban J connectivity index is 1.64. The lowest BCUT2D eigenvalue weighted by molar-refractivity contribution is 0.171. The summed E-state index contributed by atoms with van der Waals surface area (Å²) in [5.41, 5.74) is 2.66. The van der Waals surface area contributed by atoms with Gasteiger partial charge in [-0.2, -0.15) is 0 Å². The van der Waals surface area contributed by atoms with Crippen molar-refractivity contribution in [3.63, 3.8) is 0 Å². The predicted molar refractivity (Wildman–Crippen MR) is 76.4 cm³/mol. The molecule has 0 radical (unpaired) electrons. The van der Waals surface area contributed by atoms with Crippen LogP contribution in [-0.4, -0.2) is 18.2 Å². The van der Waals surface area contributed by atoms with E-state index in [0.717, 1.165) is 30.2 Å². The molecule has 2 aromatic rings. The number of ether oxygens (including phenoxy) is 2. The monoisotopic (exact) mass is 268 g/mol. The molecule has 1 aliphatic heterocycles. The third-order valence-corrected chi connectivity index (χ3v) is 3.87. The number of rotatable bonds is 2. The Morgan fingerprint density at radius 2 is 1.95 bits per heavy atom. The highest BCUT2D eigenvalue weighted by Crippen LogP contribution is 2.41. The zero-order valence-electron chi connectivity index (χ0n) is 11.1. The van der Waals surface area contributed by atoms with Crippen molar-refractivity contribution in [2.75, 3.05) is 18.5 Å². The van der Waals surface area contributed by atoms with Crippen LogP contribution in [0.5, 0.6) is 11.5 Å². The van der Waals surface area contributed by atoms with Crippen molar-refractivity contribution in [2.24, 2.45) is 0 Å². The Morgan fingerprint density at radius 3 is 2.75 bits per heavy atom. The van der Waals surface area contributed by atoms with Crippen LogP contribution in [0.2, 0.25) is 0 Å². The molecule has 2 aliphatic rings. The van der Waals surface area contributed by atoms with Crippen molar-refractivity contribution in [1.82, 2.24) is 4.98 Å². The lowest BCUT2D eigenvalue weighted by Gasteiger charge is -2.21. The van der Waals surface area contributed by atoms with E-state index in [2.05, 4.69) is 22.4 Å². The molecule has 0 saturated carbocycles. The third kappa shape index (κ3) is 1.97. The van der Waals surface area contributed by atoms with Crippen LogP contribution in [0, 0.1) is 0 Å². The molecule has 1 aromatic heterocycles. The van der Waals surface area contributed by atoms with Crippen LogP contribution >= 0.6 is 0 Å². The molecule has 4 rings (SSSR count). The highest BCUT2D eigenvalue weighted by molar-refractivity contribution is 5.53. The Morgan fingerprint density at radius 1 is 1.10 bits per heavy atom. The van der Waals surface area contributed by atoms with Crippen LogP contribution < -0.4 is 14.8 Å². The smallest absolute Gasteiger partial charge is 0.161 e. The van der Waals surface area contributed by atoms with E-state index in [4.69, 9.17) is 9.47 Å². The number of hydrogen-bond donors (Lipinski definition) is 1. The van der Waals surface area contributed by atoms with Crippen molar-refractivity contribution >= 4 is 5.82 Å². The summed E-state index contributed by atoms with van der Waals surface area (Å²) in [6, 6.07) is 10.5. The molecule has 4 nitrogen and oxygen atoms in total. The van der Waals surface area contributed by atoms with E-state index in [-0.39, 0.29) is 0 Å². The highest BCUT2D eigenvalue weighted by Gasteiger charge is 2.26. The number of benzene rings is 1. The summed E-state index contributed by atoms with van der Waals surface area (Å²) in [6.07, 6.45) is 3.95. The lowest BCUT2D eigenvalue weighted by atomic mass is 10.1. The minimum Gasteiger partial charge on any atom is -0.486 e. The fourth-order valence-electron chi connectivity index (χ4n) is 2.92. The standard InChI is InChI=1S/C16H16N2O2/c1-2-6-17-16(3-1)18-13-5-4-11-9-14-15(10-12(11)13)20-8-7-19-14/h1-3,6,9-10,13H,4-5,7-8H2,(H,17,18)/t13-/m0/s1. The summed E-state index contributed by atoms with van der Waals surface area (Å²) in [4.78, 5) is 4.34. The van der Waals surface area contributed by atoms with Gasteiger partial charge in [-0.05, 0) is 48.2 Å². The van der Waals surface area contributed by atoms with Gasteiger partial charge in [-0.25, -0.2) is 4.98 Å². The third-order valence-electron chi connectivity index (χ3n) is 3.87. The van der Waals surface area contributed by atoms with Gasteiger partial charge >= 0.3 is 0 Å². The van der Waals surface area contributed by atoms with E-state index in [1.807, 2.05) is 24.4 Å². The number of pyridine rings is 1. The lowest BCUT2D eigenvalue weighted by Crippen LogP contribution is -2.16. The van der Waals surface area contributed by atoms with Crippen LogP contribution in [0.15, 0.2) is 36.5 Å². The second kappa shape index (κ2) is 4.71. The summed E-state index contributed by atoms with van der Waals surface area (Å²) < 4.78 is 11.3. The summed E-state index contributed by atoms with van der Waals surface area (Å²) in [6.45, 7) is 1.27. The topological polar surface area (TPSA) is 43.4 Å². The fourth-order valence-corrected chi connectivity index (χ4v) is 2.92. The molecule has 1 aliphatic carbocycles. The Bertz CT molecular complexity index is 628. The molecule has 0 spiro atoms. The molecule has 20 heavy (non-hydrogen) atoms. The van der Waals surface area contributed by atoms with Crippen LogP contribution in [0.1, 0.15) is 23.6 Å². The highest BCUT2D eigenvalue weighted by atomic mass is 16.6. The average Bonchev–Trinajstić information content (AvgIpc) is 2.88. The van der Waals surface area contributed by atoms with E-state index in [1.54, 1.807) is 0 Å². The van der Waals surface area contributed by atoms with Gasteiger partial charge in [0, 0.05) is 6.20 Å². The van der Waals surface area contributed by atoms with Crippen LogP contribution in [0.25, 0.3) is 0 Å². The average molecular weight is 268 g/mol. The van der Waals surface area contributed by atoms with E-state index in [9.17, 15) is 0 Å². The van der Waals surface area contributed by atoms with E-state index in [0.29, 0.717) is 19.3 Å². The SMILES string of the molecule is c1ccc(N[C@H]2CCc3cc4c(cc32)OCCO4)nc1. The summed E-state index contributed by atoms with van der Waals surface area (Å²) in [5.74, 6) is 2.67. The van der Waals surface area contributed by atoms with Crippen molar-refractivity contribution in [3.8, 4) is 11.5 Å². The predicted octanol–water partition coefficient (Wildman–Crippen LogP) is 2.95. The van der Waals surface area contributed by atoms with Crippen molar-refractivity contribution in [2.45, 2.75) is 18.9 Å². The molecule has 1 N–H and O–H groups in total. The number of hydrogen-bond acceptors (Lipinski definition) is 4. The Kier molecular flexibility index (Phi) is 2.73. The van der Waals surface area contributed by atoms with Crippen molar-refractivity contribution < 1.29 is 9.47 Å². The second-order valence-electron chi connectivity index (χ2n) is 5.15. The number of anilines is 1. The molecule has 0 fully saturated rings. The molecule has 0 bridgehead atoms. The van der Waals surface area contributed by atoms with Gasteiger partial charge in [0.25, 0.3) is 0 Å². The molecular weight excluding hydrogens is 252 g/mol. The number of fused-ring (bicyclic) bond motifs is 2. The normalized spacial score (nSPS) is 19.5. The first-order valence-corrected chi connectivity index (χ1v) is 7.00. The molecule has 0 unspecified atom stereocenters. The fraction of sp³-hybridized carbons (Fsp3) is 0.312. The van der Waals surface area contributed by atoms with Crippen molar-refractivity contribution in [1.29, 1.82) is 0 Å². The van der Waals surface area contributed by atoms with Gasteiger partial charge in [-0.3, -0.25) is 0 Å². The molecule has 2 heterocycles. The van der Waals surface area contributed by atoms with E-state index < -0.39 is 0 Å². The maximum absolute atomic E-state index is 5.68. The van der Waals surface area contributed by atoms with Gasteiger partial charge < -0.3 is 14.8 Å². The summed E-state index contributed by atoms with van der Waals surface area (Å²) in [7, 11) is 0. The van der Waals surface area contributed by atoms with E-state index in [1.165, 1.54) is 11.1 Å². The van der Waals surface area contributed by atoms with Gasteiger partial charge in [0.2, 0.25) is 0 Å². The minimum absolute atomic E-state index is 0.302. The summed E-state index contributed by atoms with van der Waals surface area (Å²) in [5, 5.41) is 3.50. The molecule has 0 saturated heterocycles. The number of aryl methyl sites for hydroxylation is 1. The maximum Gasteiger partial charge on any atom is 0.161 e. The first-order valence-electron chi connectivity index (χ1n) is 7.00. The van der Waals surface area contributed by atoms with Gasteiger partial charge in [-0.1, -0.05) is 6.07 Å². The quantitative estimate of drug-likeness (QED) is 0.909. The van der Waals surface area contributed by atoms with Crippen molar-refractivity contribution in [3.05, 3.63) is 47.7 Å². The van der Waals surface area contributed by atoms with Gasteiger partial charge in [0.15, 0.2) is 11.5 Å². The number of nitrogens with zero attached hydrogens (tertiary/aromatic N) is 1. The zero-order valence-corrected chi connectivity index (χ0v) is 11.1. The molecule has 0 amide bonds. The second-order valence-corrected chi connectivity index (χ2v) is 5.15. The summed E-state index contributed by atoms with van der Waals surface area (Å²) >= 11 is 0. The molecule has 4 heteroatoms. The molecule has 102 valence electrons. The number of aromatic nitrogens is 1.